The number of benzene rings is 1. The van der Waals surface area contributed by atoms with Crippen LogP contribution in [0.5, 0.6) is 0 Å². The number of halogens is 3. The molecule has 0 fully saturated rings. The van der Waals surface area contributed by atoms with Gasteiger partial charge in [0.1, 0.15) is 10.4 Å². The van der Waals surface area contributed by atoms with E-state index in [9.17, 15) is 5.11 Å². The summed E-state index contributed by atoms with van der Waals surface area (Å²) in [7, 11) is 0. The highest BCUT2D eigenvalue weighted by molar-refractivity contribution is 7.20. The molecule has 1 nitrogen and oxygen atoms in total. The summed E-state index contributed by atoms with van der Waals surface area (Å²) in [6, 6.07) is 7.07. The van der Waals surface area contributed by atoms with Gasteiger partial charge < -0.3 is 5.11 Å². The van der Waals surface area contributed by atoms with Crippen LogP contribution in [0.1, 0.15) is 22.8 Å². The quantitative estimate of drug-likeness (QED) is 0.818. The van der Waals surface area contributed by atoms with Crippen molar-refractivity contribution in [2.75, 3.05) is 0 Å². The van der Waals surface area contributed by atoms with E-state index in [1.807, 2.05) is 13.0 Å². The molecule has 0 spiro atoms. The Morgan fingerprint density at radius 3 is 2.41 bits per heavy atom. The van der Waals surface area contributed by atoms with Gasteiger partial charge in [-0.15, -0.1) is 11.3 Å². The van der Waals surface area contributed by atoms with Gasteiger partial charge in [-0.25, -0.2) is 0 Å². The Morgan fingerprint density at radius 1 is 1.12 bits per heavy atom. The predicted molar refractivity (Wildman–Crippen MR) is 74.6 cm³/mol. The molecule has 0 saturated carbocycles. The molecule has 5 heteroatoms. The first-order chi connectivity index (χ1) is 7.99. The first-order valence-electron chi connectivity index (χ1n) is 4.88. The van der Waals surface area contributed by atoms with Crippen molar-refractivity contribution in [3.8, 4) is 0 Å². The summed E-state index contributed by atoms with van der Waals surface area (Å²) in [6.45, 7) is 1.91. The van der Waals surface area contributed by atoms with Crippen molar-refractivity contribution >= 4 is 46.1 Å². The van der Waals surface area contributed by atoms with Crippen LogP contribution in [0.2, 0.25) is 13.7 Å². The van der Waals surface area contributed by atoms with E-state index < -0.39 is 6.10 Å². The highest BCUT2D eigenvalue weighted by Crippen LogP contribution is 2.38. The summed E-state index contributed by atoms with van der Waals surface area (Å²) >= 11 is 19.1. The molecule has 1 aromatic carbocycles. The molecule has 2 aromatic rings. The van der Waals surface area contributed by atoms with E-state index in [4.69, 9.17) is 34.8 Å². The summed E-state index contributed by atoms with van der Waals surface area (Å²) in [5.41, 5.74) is 2.32. The molecule has 1 aromatic heterocycles. The Morgan fingerprint density at radius 2 is 1.82 bits per heavy atom. The third-order valence-electron chi connectivity index (χ3n) is 2.51. The second kappa shape index (κ2) is 5.17. The Bertz CT molecular complexity index is 551. The third kappa shape index (κ3) is 2.78. The number of hydrogen-bond donors (Lipinski definition) is 1. The minimum Gasteiger partial charge on any atom is -0.384 e. The van der Waals surface area contributed by atoms with E-state index in [1.54, 1.807) is 18.2 Å². The Kier molecular flexibility index (Phi) is 4.01. The highest BCUT2D eigenvalue weighted by atomic mass is 35.5. The highest BCUT2D eigenvalue weighted by Gasteiger charge is 2.18. The van der Waals surface area contributed by atoms with E-state index in [0.717, 1.165) is 11.1 Å². The van der Waals surface area contributed by atoms with Crippen molar-refractivity contribution in [1.29, 1.82) is 0 Å². The lowest BCUT2D eigenvalue weighted by molar-refractivity contribution is 0.220. The number of aryl methyl sites for hydroxylation is 1. The van der Waals surface area contributed by atoms with Crippen molar-refractivity contribution in [3.05, 3.63) is 54.7 Å². The monoisotopic (exact) mass is 306 g/mol. The summed E-state index contributed by atoms with van der Waals surface area (Å²) in [5.74, 6) is 0. The molecule has 0 saturated heterocycles. The van der Waals surface area contributed by atoms with Crippen LogP contribution >= 0.6 is 46.1 Å². The lowest BCUT2D eigenvalue weighted by atomic mass is 9.99. The lowest BCUT2D eigenvalue weighted by Crippen LogP contribution is -2.01. The van der Waals surface area contributed by atoms with E-state index >= 15 is 0 Å². The van der Waals surface area contributed by atoms with Crippen molar-refractivity contribution < 1.29 is 5.11 Å². The number of aliphatic hydroxyl groups is 1. The topological polar surface area (TPSA) is 20.2 Å². The zero-order valence-corrected chi connectivity index (χ0v) is 12.0. The molecule has 0 amide bonds. The van der Waals surface area contributed by atoms with E-state index in [2.05, 4.69) is 0 Å². The standard InChI is InChI=1S/C12H9Cl3OS/c1-6-2-3-7(13)4-8(6)11(16)9-5-10(14)17-12(9)15/h2-5,11,16H,1H3. The predicted octanol–water partition coefficient (Wildman–Crippen LogP) is 5.10. The lowest BCUT2D eigenvalue weighted by Gasteiger charge is -2.13. The van der Waals surface area contributed by atoms with Gasteiger partial charge in [0.15, 0.2) is 0 Å². The Balaban J connectivity index is 2.46. The van der Waals surface area contributed by atoms with E-state index in [1.165, 1.54) is 11.3 Å². The maximum absolute atomic E-state index is 10.3. The molecule has 0 aliphatic rings. The molecule has 0 bridgehead atoms. The van der Waals surface area contributed by atoms with Gasteiger partial charge in [-0.05, 0) is 36.2 Å². The van der Waals surface area contributed by atoms with Gasteiger partial charge in [-0.3, -0.25) is 0 Å². The first-order valence-corrected chi connectivity index (χ1v) is 6.83. The largest absolute Gasteiger partial charge is 0.384 e. The molecule has 1 atom stereocenters. The van der Waals surface area contributed by atoms with E-state index in [0.29, 0.717) is 19.3 Å². The van der Waals surface area contributed by atoms with Crippen LogP contribution in [0.15, 0.2) is 24.3 Å². The molecule has 0 aliphatic heterocycles. The molecular formula is C12H9Cl3OS. The van der Waals surface area contributed by atoms with Gasteiger partial charge in [0.25, 0.3) is 0 Å². The van der Waals surface area contributed by atoms with Crippen LogP contribution in [0, 0.1) is 6.92 Å². The van der Waals surface area contributed by atoms with Crippen LogP contribution in [0.25, 0.3) is 0 Å². The van der Waals surface area contributed by atoms with Gasteiger partial charge >= 0.3 is 0 Å². The number of hydrogen-bond acceptors (Lipinski definition) is 2. The van der Waals surface area contributed by atoms with Gasteiger partial charge in [-0.2, -0.15) is 0 Å². The van der Waals surface area contributed by atoms with Crippen LogP contribution < -0.4 is 0 Å². The van der Waals surface area contributed by atoms with Crippen molar-refractivity contribution in [2.24, 2.45) is 0 Å². The zero-order valence-electron chi connectivity index (χ0n) is 8.88. The minimum atomic E-state index is -0.801. The Labute approximate surface area is 119 Å². The first kappa shape index (κ1) is 13.2. The van der Waals surface area contributed by atoms with Crippen LogP contribution in [0.4, 0.5) is 0 Å². The van der Waals surface area contributed by atoms with Gasteiger partial charge in [0, 0.05) is 10.6 Å². The molecule has 17 heavy (non-hydrogen) atoms. The molecular weight excluding hydrogens is 299 g/mol. The molecule has 2 rings (SSSR count). The minimum absolute atomic E-state index is 0.502. The second-order valence-electron chi connectivity index (χ2n) is 3.68. The molecule has 1 N–H and O–H groups in total. The maximum atomic E-state index is 10.3. The van der Waals surface area contributed by atoms with Crippen molar-refractivity contribution in [3.63, 3.8) is 0 Å². The SMILES string of the molecule is Cc1ccc(Cl)cc1C(O)c1cc(Cl)sc1Cl. The summed E-state index contributed by atoms with van der Waals surface area (Å²) in [6.07, 6.45) is -0.801. The molecule has 0 radical (unpaired) electrons. The smallest absolute Gasteiger partial charge is 0.107 e. The van der Waals surface area contributed by atoms with Crippen molar-refractivity contribution in [1.82, 2.24) is 0 Å². The van der Waals surface area contributed by atoms with Gasteiger partial charge in [0.05, 0.1) is 4.34 Å². The summed E-state index contributed by atoms with van der Waals surface area (Å²) in [5, 5.41) is 10.9. The van der Waals surface area contributed by atoms with E-state index in [-0.39, 0.29) is 0 Å². The fourth-order valence-corrected chi connectivity index (χ4v) is 3.31. The average molecular weight is 308 g/mol. The molecule has 0 aliphatic carbocycles. The van der Waals surface area contributed by atoms with Crippen LogP contribution in [-0.4, -0.2) is 5.11 Å². The maximum Gasteiger partial charge on any atom is 0.107 e. The fraction of sp³-hybridized carbons (Fsp3) is 0.167. The molecule has 90 valence electrons. The number of rotatable bonds is 2. The second-order valence-corrected chi connectivity index (χ2v) is 6.41. The normalized spacial score (nSPS) is 12.8. The zero-order chi connectivity index (χ0) is 12.6. The Hall–Kier alpha value is -0.250. The van der Waals surface area contributed by atoms with Crippen molar-refractivity contribution in [2.45, 2.75) is 13.0 Å². The van der Waals surface area contributed by atoms with Crippen LogP contribution in [0.3, 0.4) is 0 Å². The molecule has 1 heterocycles. The average Bonchev–Trinajstić information content (AvgIpc) is 2.60. The van der Waals surface area contributed by atoms with Crippen LogP contribution in [-0.2, 0) is 0 Å². The van der Waals surface area contributed by atoms with Gasteiger partial charge in [0.2, 0.25) is 0 Å². The third-order valence-corrected chi connectivity index (χ3v) is 4.27. The fourth-order valence-electron chi connectivity index (χ4n) is 1.61. The summed E-state index contributed by atoms with van der Waals surface area (Å²) < 4.78 is 1.06. The summed E-state index contributed by atoms with van der Waals surface area (Å²) in [4.78, 5) is 0. The van der Waals surface area contributed by atoms with Gasteiger partial charge in [-0.1, -0.05) is 40.9 Å². The number of thiophene rings is 1. The molecule has 1 unspecified atom stereocenters. The number of aliphatic hydroxyl groups excluding tert-OH is 1.